The van der Waals surface area contributed by atoms with Gasteiger partial charge in [-0.05, 0) is 32.7 Å². The molecule has 96 valence electrons. The van der Waals surface area contributed by atoms with Crippen LogP contribution in [0.2, 0.25) is 0 Å². The fourth-order valence-electron chi connectivity index (χ4n) is 2.24. The molecule has 1 saturated heterocycles. The Morgan fingerprint density at radius 1 is 1.53 bits per heavy atom. The zero-order chi connectivity index (χ0) is 12.1. The predicted molar refractivity (Wildman–Crippen MR) is 67.8 cm³/mol. The third-order valence-electron chi connectivity index (χ3n) is 3.15. The number of nitrogens with zero attached hydrogens (tertiary/aromatic N) is 2. The maximum atomic E-state index is 5.80. The van der Waals surface area contributed by atoms with Gasteiger partial charge >= 0.3 is 0 Å². The summed E-state index contributed by atoms with van der Waals surface area (Å²) in [6.45, 7) is 7.18. The summed E-state index contributed by atoms with van der Waals surface area (Å²) in [5, 5.41) is 7.76. The number of nitrogens with one attached hydrogen (secondary N) is 1. The number of hydrogen-bond acceptors (Lipinski definition) is 3. The van der Waals surface area contributed by atoms with Crippen molar-refractivity contribution >= 4 is 0 Å². The first-order chi connectivity index (χ1) is 8.28. The molecule has 0 aliphatic carbocycles. The third kappa shape index (κ3) is 3.82. The lowest BCUT2D eigenvalue weighted by Gasteiger charge is -2.10. The molecular weight excluding hydrogens is 214 g/mol. The fraction of sp³-hybridized carbons (Fsp3) is 0.769. The third-order valence-corrected chi connectivity index (χ3v) is 3.15. The summed E-state index contributed by atoms with van der Waals surface area (Å²) in [7, 11) is 0. The Morgan fingerprint density at radius 2 is 2.41 bits per heavy atom. The quantitative estimate of drug-likeness (QED) is 0.769. The van der Waals surface area contributed by atoms with E-state index in [0.717, 1.165) is 26.1 Å². The van der Waals surface area contributed by atoms with Crippen LogP contribution in [0, 0.1) is 0 Å². The monoisotopic (exact) mass is 237 g/mol. The first-order valence-electron chi connectivity index (χ1n) is 6.65. The molecular formula is C13H23N3O. The van der Waals surface area contributed by atoms with Crippen LogP contribution < -0.4 is 5.32 Å². The van der Waals surface area contributed by atoms with E-state index in [2.05, 4.69) is 30.5 Å². The largest absolute Gasteiger partial charge is 0.373 e. The van der Waals surface area contributed by atoms with Gasteiger partial charge in [0.05, 0.1) is 24.9 Å². The van der Waals surface area contributed by atoms with Crippen LogP contribution in [0.15, 0.2) is 12.4 Å². The van der Waals surface area contributed by atoms with Gasteiger partial charge in [-0.15, -0.1) is 0 Å². The van der Waals surface area contributed by atoms with E-state index in [1.807, 2.05) is 10.9 Å². The van der Waals surface area contributed by atoms with Crippen molar-refractivity contribution in [3.8, 4) is 0 Å². The number of ether oxygens (including phenoxy) is 1. The smallest absolute Gasteiger partial charge is 0.0775 e. The molecule has 1 aliphatic heterocycles. The Kier molecular flexibility index (Phi) is 4.57. The van der Waals surface area contributed by atoms with E-state index >= 15 is 0 Å². The molecule has 2 atom stereocenters. The van der Waals surface area contributed by atoms with E-state index in [4.69, 9.17) is 4.74 Å². The molecule has 0 saturated carbocycles. The fourth-order valence-corrected chi connectivity index (χ4v) is 2.24. The van der Waals surface area contributed by atoms with Crippen molar-refractivity contribution in [3.63, 3.8) is 0 Å². The topological polar surface area (TPSA) is 39.1 Å². The van der Waals surface area contributed by atoms with Gasteiger partial charge in [-0.3, -0.25) is 4.68 Å². The van der Waals surface area contributed by atoms with E-state index in [9.17, 15) is 0 Å². The Balaban J connectivity index is 1.77. The second-order valence-electron chi connectivity index (χ2n) is 4.89. The molecule has 2 heterocycles. The summed E-state index contributed by atoms with van der Waals surface area (Å²) in [4.78, 5) is 0. The maximum absolute atomic E-state index is 5.80. The SMILES string of the molecule is CCCNCc1cnn(CC2CCC(C)O2)c1. The Hall–Kier alpha value is -0.870. The van der Waals surface area contributed by atoms with Gasteiger partial charge in [-0.2, -0.15) is 5.10 Å². The van der Waals surface area contributed by atoms with Crippen molar-refractivity contribution in [1.29, 1.82) is 0 Å². The molecule has 0 aromatic carbocycles. The molecule has 2 rings (SSSR count). The number of hydrogen-bond donors (Lipinski definition) is 1. The highest BCUT2D eigenvalue weighted by atomic mass is 16.5. The first kappa shape index (κ1) is 12.6. The second-order valence-corrected chi connectivity index (χ2v) is 4.89. The summed E-state index contributed by atoms with van der Waals surface area (Å²) < 4.78 is 7.80. The lowest BCUT2D eigenvalue weighted by molar-refractivity contribution is 0.0437. The zero-order valence-corrected chi connectivity index (χ0v) is 10.9. The molecule has 1 N–H and O–H groups in total. The predicted octanol–water partition coefficient (Wildman–Crippen LogP) is 1.95. The van der Waals surface area contributed by atoms with Gasteiger partial charge < -0.3 is 10.1 Å². The van der Waals surface area contributed by atoms with E-state index < -0.39 is 0 Å². The number of rotatable bonds is 6. The van der Waals surface area contributed by atoms with Crippen LogP contribution in [0.4, 0.5) is 0 Å². The van der Waals surface area contributed by atoms with Crippen molar-refractivity contribution in [3.05, 3.63) is 18.0 Å². The molecule has 4 heteroatoms. The van der Waals surface area contributed by atoms with Crippen molar-refractivity contribution in [1.82, 2.24) is 15.1 Å². The molecule has 17 heavy (non-hydrogen) atoms. The molecule has 1 aromatic rings. The average molecular weight is 237 g/mol. The van der Waals surface area contributed by atoms with Crippen molar-refractivity contribution in [2.45, 2.75) is 58.4 Å². The molecule has 0 bridgehead atoms. The Morgan fingerprint density at radius 3 is 3.12 bits per heavy atom. The van der Waals surface area contributed by atoms with Crippen molar-refractivity contribution < 1.29 is 4.74 Å². The van der Waals surface area contributed by atoms with Crippen LogP contribution in [0.1, 0.15) is 38.7 Å². The van der Waals surface area contributed by atoms with Crippen LogP contribution in [0.25, 0.3) is 0 Å². The molecule has 0 radical (unpaired) electrons. The zero-order valence-electron chi connectivity index (χ0n) is 10.9. The van der Waals surface area contributed by atoms with Crippen LogP contribution in [0.5, 0.6) is 0 Å². The molecule has 4 nitrogen and oxygen atoms in total. The van der Waals surface area contributed by atoms with Gasteiger partial charge in [0.1, 0.15) is 0 Å². The highest BCUT2D eigenvalue weighted by Gasteiger charge is 2.22. The summed E-state index contributed by atoms with van der Waals surface area (Å²) >= 11 is 0. The highest BCUT2D eigenvalue weighted by Crippen LogP contribution is 2.20. The highest BCUT2D eigenvalue weighted by molar-refractivity contribution is 5.03. The maximum Gasteiger partial charge on any atom is 0.0775 e. The molecule has 1 aromatic heterocycles. The van der Waals surface area contributed by atoms with Crippen LogP contribution >= 0.6 is 0 Å². The average Bonchev–Trinajstić information content (AvgIpc) is 2.90. The van der Waals surface area contributed by atoms with Crippen molar-refractivity contribution in [2.24, 2.45) is 0 Å². The lowest BCUT2D eigenvalue weighted by Crippen LogP contribution is -2.17. The van der Waals surface area contributed by atoms with Crippen molar-refractivity contribution in [2.75, 3.05) is 6.54 Å². The molecule has 0 amide bonds. The minimum Gasteiger partial charge on any atom is -0.373 e. The van der Waals surface area contributed by atoms with Gasteiger partial charge in [-0.1, -0.05) is 6.92 Å². The molecule has 2 unspecified atom stereocenters. The normalized spacial score (nSPS) is 24.4. The minimum atomic E-state index is 0.348. The van der Waals surface area contributed by atoms with Crippen LogP contribution in [-0.4, -0.2) is 28.5 Å². The summed E-state index contributed by atoms with van der Waals surface area (Å²) in [6, 6.07) is 0. The summed E-state index contributed by atoms with van der Waals surface area (Å²) in [5.41, 5.74) is 1.25. The molecule has 1 fully saturated rings. The summed E-state index contributed by atoms with van der Waals surface area (Å²) in [6.07, 6.45) is 8.34. The van der Waals surface area contributed by atoms with Gasteiger partial charge in [0.2, 0.25) is 0 Å². The van der Waals surface area contributed by atoms with E-state index in [1.165, 1.54) is 18.4 Å². The second kappa shape index (κ2) is 6.17. The lowest BCUT2D eigenvalue weighted by atomic mass is 10.2. The van der Waals surface area contributed by atoms with Crippen LogP contribution in [-0.2, 0) is 17.8 Å². The van der Waals surface area contributed by atoms with E-state index in [-0.39, 0.29) is 0 Å². The van der Waals surface area contributed by atoms with E-state index in [0.29, 0.717) is 12.2 Å². The standard InChI is InChI=1S/C13H23N3O/c1-3-6-14-7-12-8-15-16(9-12)10-13-5-4-11(2)17-13/h8-9,11,13-14H,3-7,10H2,1-2H3. The van der Waals surface area contributed by atoms with Gasteiger partial charge in [0.25, 0.3) is 0 Å². The first-order valence-corrected chi connectivity index (χ1v) is 6.65. The Bertz CT molecular complexity index is 337. The Labute approximate surface area is 103 Å². The molecule has 0 spiro atoms. The van der Waals surface area contributed by atoms with Crippen LogP contribution in [0.3, 0.4) is 0 Å². The van der Waals surface area contributed by atoms with Gasteiger partial charge in [-0.25, -0.2) is 0 Å². The van der Waals surface area contributed by atoms with E-state index in [1.54, 1.807) is 0 Å². The van der Waals surface area contributed by atoms with Gasteiger partial charge in [0, 0.05) is 18.3 Å². The minimum absolute atomic E-state index is 0.348. The number of aromatic nitrogens is 2. The summed E-state index contributed by atoms with van der Waals surface area (Å²) in [5.74, 6) is 0. The van der Waals surface area contributed by atoms with Gasteiger partial charge in [0.15, 0.2) is 0 Å². The molecule has 1 aliphatic rings.